The minimum Gasteiger partial charge on any atom is -0.394 e. The first-order valence-electron chi connectivity index (χ1n) is 31.4. The van der Waals surface area contributed by atoms with Gasteiger partial charge >= 0.3 is 0 Å². The number of unbranched alkanes of at least 4 members (excludes halogenated alkanes) is 22. The van der Waals surface area contributed by atoms with Crippen molar-refractivity contribution in [3.63, 3.8) is 0 Å². The Hall–Kier alpha value is -2.25. The van der Waals surface area contributed by atoms with Crippen LogP contribution >= 0.6 is 0 Å². The van der Waals surface area contributed by atoms with Crippen LogP contribution < -0.4 is 5.32 Å². The van der Waals surface area contributed by atoms with E-state index >= 15 is 0 Å². The molecule has 17 atom stereocenters. The van der Waals surface area contributed by atoms with Gasteiger partial charge in [0.1, 0.15) is 73.2 Å². The first kappa shape index (κ1) is 73.0. The Bertz CT molecular complexity index is 1670. The molecule has 19 heteroatoms. The lowest BCUT2D eigenvalue weighted by Crippen LogP contribution is -2.66. The second-order valence-electron chi connectivity index (χ2n) is 22.5. The molecule has 472 valence electrons. The van der Waals surface area contributed by atoms with Gasteiger partial charge in [0.2, 0.25) is 5.91 Å². The summed E-state index contributed by atoms with van der Waals surface area (Å²) in [5.41, 5.74) is 0. The highest BCUT2D eigenvalue weighted by molar-refractivity contribution is 5.76. The van der Waals surface area contributed by atoms with Crippen LogP contribution in [0.25, 0.3) is 0 Å². The number of carbonyl (C=O) groups is 1. The fourth-order valence-electron chi connectivity index (χ4n) is 10.5. The summed E-state index contributed by atoms with van der Waals surface area (Å²) in [5, 5.41) is 120. The van der Waals surface area contributed by atoms with Crippen LogP contribution in [0.15, 0.2) is 48.6 Å². The number of amides is 1. The average Bonchev–Trinajstić information content (AvgIpc) is 3.51. The minimum atomic E-state index is -1.97. The van der Waals surface area contributed by atoms with Crippen LogP contribution in [0.1, 0.15) is 206 Å². The third kappa shape index (κ3) is 28.7. The zero-order chi connectivity index (χ0) is 59.0. The van der Waals surface area contributed by atoms with Gasteiger partial charge in [-0.1, -0.05) is 197 Å². The van der Waals surface area contributed by atoms with Crippen molar-refractivity contribution in [2.75, 3.05) is 26.4 Å². The molecule has 3 rings (SSSR count). The van der Waals surface area contributed by atoms with Crippen molar-refractivity contribution in [3.8, 4) is 0 Å². The molecule has 3 heterocycles. The largest absolute Gasteiger partial charge is 0.394 e. The molecular weight excluding hydrogens is 1050 g/mol. The first-order valence-corrected chi connectivity index (χ1v) is 31.4. The highest BCUT2D eigenvalue weighted by Gasteiger charge is 2.53. The van der Waals surface area contributed by atoms with Crippen molar-refractivity contribution in [2.45, 2.75) is 311 Å². The van der Waals surface area contributed by atoms with Crippen LogP contribution in [0.5, 0.6) is 0 Å². The van der Waals surface area contributed by atoms with Gasteiger partial charge in [-0.3, -0.25) is 4.79 Å². The summed E-state index contributed by atoms with van der Waals surface area (Å²) in [6, 6.07) is -0.888. The molecule has 0 saturated carbocycles. The smallest absolute Gasteiger partial charge is 0.220 e. The SMILES string of the molecule is CC/C=C\C/C=C\C/C=C\C/C=C\CCCCCCCCCCCCCCC(=O)NC(COC1OC(CO)C(OC2OC(CO)C(OC3OC(CO)C(O)C(O)C3O)C(O)C2O)C(O)C1O)C(O)CCCCCCCCCCCCC. The zero-order valence-corrected chi connectivity index (χ0v) is 49.3. The highest BCUT2D eigenvalue weighted by atomic mass is 16.8. The van der Waals surface area contributed by atoms with Crippen molar-refractivity contribution >= 4 is 5.91 Å². The lowest BCUT2D eigenvalue weighted by atomic mass is 9.96. The number of carbonyl (C=O) groups excluding carboxylic acids is 1. The van der Waals surface area contributed by atoms with E-state index in [1.54, 1.807) is 0 Å². The number of aliphatic hydroxyl groups excluding tert-OH is 11. The molecule has 0 aromatic heterocycles. The van der Waals surface area contributed by atoms with Gasteiger partial charge in [-0.2, -0.15) is 0 Å². The van der Waals surface area contributed by atoms with Crippen LogP contribution in [0.3, 0.4) is 0 Å². The molecule has 3 aliphatic heterocycles. The molecule has 12 N–H and O–H groups in total. The van der Waals surface area contributed by atoms with Gasteiger partial charge in [0.15, 0.2) is 18.9 Å². The standard InChI is InChI=1S/C62H111NO18/c1-3-5-7-9-11-13-15-16-17-18-19-20-21-22-23-24-25-26-27-28-30-32-34-36-38-40-50(68)63-45(46(67)39-37-35-33-31-29-14-12-10-8-6-4-2)44-76-60-56(74)53(71)58(48(42-65)78-60)81-62-57(75)54(72)59(49(43-66)79-62)80-61-55(73)52(70)51(69)47(41-64)77-61/h5,7,11,13,16-17,19-20,45-49,51-62,64-67,69-75H,3-4,6,8-10,12,14-15,18,21-44H2,1-2H3,(H,63,68)/b7-5-,13-11-,17-16-,20-19-. The van der Waals surface area contributed by atoms with E-state index < -0.39 is 124 Å². The first-order chi connectivity index (χ1) is 39.3. The lowest BCUT2D eigenvalue weighted by molar-refractivity contribution is -0.379. The molecule has 81 heavy (non-hydrogen) atoms. The number of rotatable bonds is 46. The summed E-state index contributed by atoms with van der Waals surface area (Å²) in [6.07, 6.45) is 23.5. The molecule has 1 amide bonds. The highest BCUT2D eigenvalue weighted by Crippen LogP contribution is 2.33. The van der Waals surface area contributed by atoms with E-state index in [0.29, 0.717) is 12.8 Å². The van der Waals surface area contributed by atoms with Gasteiger partial charge in [0.25, 0.3) is 0 Å². The van der Waals surface area contributed by atoms with E-state index in [1.807, 2.05) is 0 Å². The summed E-state index contributed by atoms with van der Waals surface area (Å²) in [4.78, 5) is 13.3. The van der Waals surface area contributed by atoms with Crippen LogP contribution in [-0.2, 0) is 33.2 Å². The van der Waals surface area contributed by atoms with Gasteiger partial charge in [-0.25, -0.2) is 0 Å². The Morgan fingerprint density at radius 1 is 0.457 bits per heavy atom. The molecule has 0 spiro atoms. The van der Waals surface area contributed by atoms with E-state index in [-0.39, 0.29) is 18.9 Å². The molecule has 19 nitrogen and oxygen atoms in total. The molecule has 0 bridgehead atoms. The Morgan fingerprint density at radius 3 is 1.33 bits per heavy atom. The molecule has 3 aliphatic rings. The minimum absolute atomic E-state index is 0.248. The number of hydrogen-bond donors (Lipinski definition) is 12. The summed E-state index contributed by atoms with van der Waals surface area (Å²) in [5.74, 6) is -0.248. The quantitative estimate of drug-likeness (QED) is 0.0236. The fraction of sp³-hybridized carbons (Fsp3) is 0.855. The molecular formula is C62H111NO18. The van der Waals surface area contributed by atoms with Gasteiger partial charge < -0.3 is 89.9 Å². The molecule has 3 fully saturated rings. The number of ether oxygens (including phenoxy) is 6. The number of hydrogen-bond acceptors (Lipinski definition) is 18. The maximum Gasteiger partial charge on any atom is 0.220 e. The van der Waals surface area contributed by atoms with Crippen molar-refractivity contribution < 1.29 is 89.4 Å². The molecule has 0 aromatic carbocycles. The van der Waals surface area contributed by atoms with Crippen molar-refractivity contribution in [3.05, 3.63) is 48.6 Å². The fourth-order valence-corrected chi connectivity index (χ4v) is 10.5. The second-order valence-corrected chi connectivity index (χ2v) is 22.5. The average molecular weight is 1160 g/mol. The zero-order valence-electron chi connectivity index (χ0n) is 49.3. The van der Waals surface area contributed by atoms with E-state index in [0.717, 1.165) is 77.0 Å². The topological polar surface area (TPSA) is 307 Å². The summed E-state index contributed by atoms with van der Waals surface area (Å²) < 4.78 is 34.3. The Morgan fingerprint density at radius 2 is 0.852 bits per heavy atom. The monoisotopic (exact) mass is 1160 g/mol. The Balaban J connectivity index is 1.42. The normalized spacial score (nSPS) is 30.1. The number of aliphatic hydroxyl groups is 11. The predicted octanol–water partition coefficient (Wildman–Crippen LogP) is 6.26. The molecule has 0 aliphatic carbocycles. The summed E-state index contributed by atoms with van der Waals surface area (Å²) in [7, 11) is 0. The van der Waals surface area contributed by atoms with Crippen molar-refractivity contribution in [1.82, 2.24) is 5.32 Å². The van der Waals surface area contributed by atoms with Crippen LogP contribution in [0, 0.1) is 0 Å². The molecule has 17 unspecified atom stereocenters. The van der Waals surface area contributed by atoms with Crippen molar-refractivity contribution in [2.24, 2.45) is 0 Å². The third-order valence-electron chi connectivity index (χ3n) is 15.7. The van der Waals surface area contributed by atoms with Crippen LogP contribution in [0.2, 0.25) is 0 Å². The Labute approximate surface area is 484 Å². The molecule has 3 saturated heterocycles. The van der Waals surface area contributed by atoms with Gasteiger partial charge in [-0.05, 0) is 51.4 Å². The van der Waals surface area contributed by atoms with Gasteiger partial charge in [-0.15, -0.1) is 0 Å². The summed E-state index contributed by atoms with van der Waals surface area (Å²) in [6.45, 7) is 1.65. The van der Waals surface area contributed by atoms with Gasteiger partial charge in [0, 0.05) is 6.42 Å². The molecule has 0 radical (unpaired) electrons. The third-order valence-corrected chi connectivity index (χ3v) is 15.7. The second kappa shape index (κ2) is 45.1. The van der Waals surface area contributed by atoms with E-state index in [9.17, 15) is 61.0 Å². The van der Waals surface area contributed by atoms with Crippen LogP contribution in [0.4, 0.5) is 0 Å². The number of nitrogens with one attached hydrogen (secondary N) is 1. The van der Waals surface area contributed by atoms with E-state index in [2.05, 4.69) is 67.8 Å². The van der Waals surface area contributed by atoms with Crippen molar-refractivity contribution in [1.29, 1.82) is 0 Å². The predicted molar refractivity (Wildman–Crippen MR) is 309 cm³/mol. The lowest BCUT2D eigenvalue weighted by Gasteiger charge is -2.48. The van der Waals surface area contributed by atoms with E-state index in [1.165, 1.54) is 96.3 Å². The van der Waals surface area contributed by atoms with E-state index in [4.69, 9.17) is 28.4 Å². The maximum atomic E-state index is 13.3. The molecule has 0 aromatic rings. The maximum absolute atomic E-state index is 13.3. The Kier molecular flexibility index (Phi) is 40.7. The van der Waals surface area contributed by atoms with Gasteiger partial charge in [0.05, 0.1) is 38.6 Å². The van der Waals surface area contributed by atoms with Crippen LogP contribution in [-0.4, -0.2) is 193 Å². The summed E-state index contributed by atoms with van der Waals surface area (Å²) >= 11 is 0. The number of allylic oxidation sites excluding steroid dienone is 8.